The van der Waals surface area contributed by atoms with E-state index in [9.17, 15) is 8.42 Å². The monoisotopic (exact) mass is 334 g/mol. The molecule has 6 heteroatoms. The number of halogens is 1. The Hall–Kier alpha value is -0.430. The zero-order valence-electron chi connectivity index (χ0n) is 10.9. The molecule has 1 N–H and O–H groups in total. The first-order chi connectivity index (χ1) is 8.39. The molecule has 0 saturated carbocycles. The highest BCUT2D eigenvalue weighted by atomic mass is 79.9. The molecule has 0 amide bonds. The summed E-state index contributed by atoms with van der Waals surface area (Å²) in [6, 6.07) is 5.41. The summed E-state index contributed by atoms with van der Waals surface area (Å²) in [6.45, 7) is 3.69. The van der Waals surface area contributed by atoms with Crippen LogP contribution >= 0.6 is 15.9 Å². The third-order valence-electron chi connectivity index (χ3n) is 2.51. The Balaban J connectivity index is 3.02. The third-order valence-corrected chi connectivity index (χ3v) is 5.32. The number of benzene rings is 1. The zero-order valence-corrected chi connectivity index (χ0v) is 13.3. The van der Waals surface area contributed by atoms with E-state index in [0.29, 0.717) is 15.9 Å². The van der Waals surface area contributed by atoms with Crippen LogP contribution in [0.4, 0.5) is 0 Å². The van der Waals surface area contributed by atoms with Crippen molar-refractivity contribution in [1.82, 2.24) is 9.62 Å². The first-order valence-electron chi connectivity index (χ1n) is 5.81. The average molecular weight is 335 g/mol. The summed E-state index contributed by atoms with van der Waals surface area (Å²) >= 11 is 3.29. The van der Waals surface area contributed by atoms with Gasteiger partial charge in [-0.25, -0.2) is 12.7 Å². The minimum absolute atomic E-state index is 0.309. The van der Waals surface area contributed by atoms with Gasteiger partial charge in [0.2, 0.25) is 10.0 Å². The minimum atomic E-state index is -3.40. The number of hydrogen-bond donors (Lipinski definition) is 1. The number of sulfonamides is 1. The van der Waals surface area contributed by atoms with Crippen molar-refractivity contribution in [1.29, 1.82) is 0 Å². The Morgan fingerprint density at radius 1 is 1.33 bits per heavy atom. The van der Waals surface area contributed by atoms with Crippen molar-refractivity contribution in [2.45, 2.75) is 24.8 Å². The Bertz CT molecular complexity index is 501. The van der Waals surface area contributed by atoms with E-state index in [1.807, 2.05) is 6.07 Å². The Kier molecular flexibility index (Phi) is 5.78. The lowest BCUT2D eigenvalue weighted by Crippen LogP contribution is -2.23. The van der Waals surface area contributed by atoms with Crippen LogP contribution in [0, 0.1) is 0 Å². The molecule has 0 aromatic heterocycles. The normalized spacial score (nSPS) is 12.1. The Morgan fingerprint density at radius 3 is 2.56 bits per heavy atom. The number of hydrogen-bond acceptors (Lipinski definition) is 3. The van der Waals surface area contributed by atoms with Crippen LogP contribution in [0.2, 0.25) is 0 Å². The van der Waals surface area contributed by atoms with Crippen molar-refractivity contribution >= 4 is 26.0 Å². The molecule has 1 aromatic carbocycles. The van der Waals surface area contributed by atoms with Gasteiger partial charge in [-0.15, -0.1) is 0 Å². The summed E-state index contributed by atoms with van der Waals surface area (Å²) in [5.41, 5.74) is 0.965. The first-order valence-corrected chi connectivity index (χ1v) is 8.04. The van der Waals surface area contributed by atoms with E-state index < -0.39 is 10.0 Å². The number of nitrogens with zero attached hydrogens (tertiary/aromatic N) is 1. The smallest absolute Gasteiger partial charge is 0.243 e. The van der Waals surface area contributed by atoms with Gasteiger partial charge in [-0.2, -0.15) is 0 Å². The van der Waals surface area contributed by atoms with Crippen LogP contribution in [0.3, 0.4) is 0 Å². The molecule has 0 aliphatic heterocycles. The van der Waals surface area contributed by atoms with Gasteiger partial charge in [-0.1, -0.05) is 13.0 Å². The van der Waals surface area contributed by atoms with Gasteiger partial charge in [0.25, 0.3) is 0 Å². The van der Waals surface area contributed by atoms with Gasteiger partial charge in [0.15, 0.2) is 0 Å². The molecule has 1 aromatic rings. The van der Waals surface area contributed by atoms with Crippen LogP contribution in [0.15, 0.2) is 27.6 Å². The van der Waals surface area contributed by atoms with Crippen LogP contribution in [0.5, 0.6) is 0 Å². The fourth-order valence-corrected chi connectivity index (χ4v) is 3.33. The van der Waals surface area contributed by atoms with E-state index in [2.05, 4.69) is 28.2 Å². The highest BCUT2D eigenvalue weighted by Crippen LogP contribution is 2.25. The topological polar surface area (TPSA) is 49.4 Å². The highest BCUT2D eigenvalue weighted by molar-refractivity contribution is 9.10. The molecule has 0 saturated heterocycles. The van der Waals surface area contributed by atoms with Crippen molar-refractivity contribution in [3.8, 4) is 0 Å². The predicted molar refractivity (Wildman–Crippen MR) is 77.0 cm³/mol. The maximum atomic E-state index is 12.1. The van der Waals surface area contributed by atoms with E-state index >= 15 is 0 Å². The van der Waals surface area contributed by atoms with Crippen LogP contribution in [-0.4, -0.2) is 33.4 Å². The van der Waals surface area contributed by atoms with Crippen molar-refractivity contribution in [3.05, 3.63) is 28.2 Å². The maximum Gasteiger partial charge on any atom is 0.243 e. The summed E-state index contributed by atoms with van der Waals surface area (Å²) in [5, 5.41) is 3.25. The Labute approximate surface area is 118 Å². The fourth-order valence-electron chi connectivity index (χ4n) is 1.46. The molecule has 0 bridgehead atoms. The minimum Gasteiger partial charge on any atom is -0.313 e. The first kappa shape index (κ1) is 15.6. The maximum absolute atomic E-state index is 12.1. The average Bonchev–Trinajstić information content (AvgIpc) is 2.31. The van der Waals surface area contributed by atoms with Gasteiger partial charge in [0.1, 0.15) is 0 Å². The molecule has 0 radical (unpaired) electrons. The van der Waals surface area contributed by atoms with E-state index in [1.165, 1.54) is 18.4 Å². The standard InChI is InChI=1S/C12H19BrN2O2S/c1-4-7-14-9-10-5-6-11(13)12(8-10)18(16,17)15(2)3/h5-6,8,14H,4,7,9H2,1-3H3. The van der Waals surface area contributed by atoms with Crippen LogP contribution < -0.4 is 5.32 Å². The summed E-state index contributed by atoms with van der Waals surface area (Å²) in [7, 11) is -0.339. The number of nitrogens with one attached hydrogen (secondary N) is 1. The van der Waals surface area contributed by atoms with E-state index in [1.54, 1.807) is 12.1 Å². The van der Waals surface area contributed by atoms with Crippen molar-refractivity contribution in [2.75, 3.05) is 20.6 Å². The van der Waals surface area contributed by atoms with Gasteiger partial charge in [-0.3, -0.25) is 0 Å². The van der Waals surface area contributed by atoms with E-state index in [4.69, 9.17) is 0 Å². The largest absolute Gasteiger partial charge is 0.313 e. The lowest BCUT2D eigenvalue weighted by Gasteiger charge is -2.14. The quantitative estimate of drug-likeness (QED) is 0.811. The second-order valence-corrected chi connectivity index (χ2v) is 7.20. The lowest BCUT2D eigenvalue weighted by atomic mass is 10.2. The van der Waals surface area contributed by atoms with Gasteiger partial charge >= 0.3 is 0 Å². The van der Waals surface area contributed by atoms with Gasteiger partial charge in [0, 0.05) is 25.1 Å². The molecule has 0 spiro atoms. The van der Waals surface area contributed by atoms with Gasteiger partial charge in [-0.05, 0) is 46.6 Å². The molecule has 0 unspecified atom stereocenters. The number of rotatable bonds is 6. The van der Waals surface area contributed by atoms with E-state index in [0.717, 1.165) is 18.5 Å². The molecule has 0 aliphatic rings. The molecule has 102 valence electrons. The van der Waals surface area contributed by atoms with Gasteiger partial charge in [0.05, 0.1) is 4.90 Å². The summed E-state index contributed by atoms with van der Waals surface area (Å²) in [5.74, 6) is 0. The molecule has 4 nitrogen and oxygen atoms in total. The molecule has 0 heterocycles. The molecular weight excluding hydrogens is 316 g/mol. The molecule has 18 heavy (non-hydrogen) atoms. The second kappa shape index (κ2) is 6.65. The summed E-state index contributed by atoms with van der Waals surface area (Å²) in [4.78, 5) is 0.309. The second-order valence-electron chi connectivity index (χ2n) is 4.23. The zero-order chi connectivity index (χ0) is 13.8. The van der Waals surface area contributed by atoms with E-state index in [-0.39, 0.29) is 0 Å². The molecule has 0 aliphatic carbocycles. The fraction of sp³-hybridized carbons (Fsp3) is 0.500. The van der Waals surface area contributed by atoms with Crippen molar-refractivity contribution < 1.29 is 8.42 Å². The molecule has 1 rings (SSSR count). The van der Waals surface area contributed by atoms with Crippen molar-refractivity contribution in [2.24, 2.45) is 0 Å². The molecule has 0 fully saturated rings. The van der Waals surface area contributed by atoms with Crippen LogP contribution in [0.1, 0.15) is 18.9 Å². The molecular formula is C12H19BrN2O2S. The summed E-state index contributed by atoms with van der Waals surface area (Å²) < 4.78 is 26.0. The van der Waals surface area contributed by atoms with Gasteiger partial charge < -0.3 is 5.32 Å². The van der Waals surface area contributed by atoms with Crippen molar-refractivity contribution in [3.63, 3.8) is 0 Å². The third kappa shape index (κ3) is 3.78. The van der Waals surface area contributed by atoms with Crippen LogP contribution in [-0.2, 0) is 16.6 Å². The highest BCUT2D eigenvalue weighted by Gasteiger charge is 2.20. The lowest BCUT2D eigenvalue weighted by molar-refractivity contribution is 0.520. The predicted octanol–water partition coefficient (Wildman–Crippen LogP) is 2.20. The Morgan fingerprint density at radius 2 is 2.00 bits per heavy atom. The molecule has 0 atom stereocenters. The SMILES string of the molecule is CCCNCc1ccc(Br)c(S(=O)(=O)N(C)C)c1. The summed E-state index contributed by atoms with van der Waals surface area (Å²) in [6.07, 6.45) is 1.05. The van der Waals surface area contributed by atoms with Crippen LogP contribution in [0.25, 0.3) is 0 Å².